The van der Waals surface area contributed by atoms with Crippen molar-refractivity contribution in [2.75, 3.05) is 6.61 Å². The maximum Gasteiger partial charge on any atom is 0.127 e. The van der Waals surface area contributed by atoms with Crippen molar-refractivity contribution in [3.05, 3.63) is 29.6 Å². The lowest BCUT2D eigenvalue weighted by Crippen LogP contribution is -2.03. The van der Waals surface area contributed by atoms with Crippen molar-refractivity contribution in [1.29, 1.82) is 0 Å². The van der Waals surface area contributed by atoms with Crippen molar-refractivity contribution < 1.29 is 14.2 Å². The molecule has 0 amide bonds. The summed E-state index contributed by atoms with van der Waals surface area (Å²) < 4.78 is 18.6. The van der Waals surface area contributed by atoms with Gasteiger partial charge in [0.25, 0.3) is 0 Å². The molecule has 3 heteroatoms. The van der Waals surface area contributed by atoms with Gasteiger partial charge in [0.2, 0.25) is 0 Å². The summed E-state index contributed by atoms with van der Waals surface area (Å²) in [5.74, 6) is 0.935. The largest absolute Gasteiger partial charge is 0.493 e. The van der Waals surface area contributed by atoms with E-state index in [4.69, 9.17) is 4.74 Å². The van der Waals surface area contributed by atoms with Gasteiger partial charge in [-0.1, -0.05) is 12.8 Å². The fourth-order valence-electron chi connectivity index (χ4n) is 1.72. The third kappa shape index (κ3) is 2.95. The van der Waals surface area contributed by atoms with Crippen LogP contribution in [0.2, 0.25) is 0 Å². The van der Waals surface area contributed by atoms with Crippen LogP contribution in [0.3, 0.4) is 0 Å². The van der Waals surface area contributed by atoms with E-state index in [1.807, 2.05) is 0 Å². The molecular weight excluding hydrogens is 207 g/mol. The Morgan fingerprint density at radius 1 is 1.50 bits per heavy atom. The van der Waals surface area contributed by atoms with E-state index in [9.17, 15) is 9.50 Å². The molecule has 0 saturated heterocycles. The summed E-state index contributed by atoms with van der Waals surface area (Å²) in [5.41, 5.74) is 0.650. The molecule has 1 atom stereocenters. The molecule has 1 aromatic rings. The van der Waals surface area contributed by atoms with Crippen LogP contribution in [0.4, 0.5) is 4.39 Å². The van der Waals surface area contributed by atoms with Crippen molar-refractivity contribution >= 4 is 0 Å². The Hall–Kier alpha value is -1.09. The number of hydrogen-bond acceptors (Lipinski definition) is 2. The first-order valence-corrected chi connectivity index (χ1v) is 5.77. The van der Waals surface area contributed by atoms with E-state index in [1.165, 1.54) is 25.0 Å². The van der Waals surface area contributed by atoms with Crippen LogP contribution in [0.15, 0.2) is 18.2 Å². The van der Waals surface area contributed by atoms with Gasteiger partial charge in [0.1, 0.15) is 11.6 Å². The molecule has 88 valence electrons. The van der Waals surface area contributed by atoms with Crippen LogP contribution in [-0.2, 0) is 0 Å². The minimum Gasteiger partial charge on any atom is -0.493 e. The van der Waals surface area contributed by atoms with Gasteiger partial charge in [0.05, 0.1) is 12.7 Å². The highest BCUT2D eigenvalue weighted by Crippen LogP contribution is 2.33. The molecule has 0 aliphatic heterocycles. The summed E-state index contributed by atoms with van der Waals surface area (Å²) in [5, 5.41) is 9.51. The van der Waals surface area contributed by atoms with Crippen LogP contribution in [0.5, 0.6) is 5.75 Å². The van der Waals surface area contributed by atoms with Crippen molar-refractivity contribution in [3.8, 4) is 5.75 Å². The molecule has 0 spiro atoms. The van der Waals surface area contributed by atoms with Crippen LogP contribution in [0.1, 0.15) is 37.9 Å². The number of ether oxygens (including phenoxy) is 1. The Morgan fingerprint density at radius 2 is 2.25 bits per heavy atom. The van der Waals surface area contributed by atoms with Gasteiger partial charge in [-0.3, -0.25) is 0 Å². The van der Waals surface area contributed by atoms with Crippen molar-refractivity contribution in [3.63, 3.8) is 0 Å². The molecule has 1 saturated carbocycles. The minimum atomic E-state index is -0.628. The summed E-state index contributed by atoms with van der Waals surface area (Å²) in [4.78, 5) is 0. The Morgan fingerprint density at radius 3 is 2.88 bits per heavy atom. The van der Waals surface area contributed by atoms with E-state index < -0.39 is 6.10 Å². The number of benzene rings is 1. The number of aliphatic hydroxyl groups excluding tert-OH is 1. The predicted octanol–water partition coefficient (Wildman–Crippen LogP) is 3.06. The zero-order chi connectivity index (χ0) is 11.5. The Kier molecular flexibility index (Phi) is 3.44. The number of hydrogen-bond donors (Lipinski definition) is 1. The van der Waals surface area contributed by atoms with Crippen LogP contribution in [0, 0.1) is 11.7 Å². The highest BCUT2D eigenvalue weighted by Gasteiger charge is 2.21. The van der Waals surface area contributed by atoms with Crippen LogP contribution >= 0.6 is 0 Å². The molecule has 0 heterocycles. The highest BCUT2D eigenvalue weighted by molar-refractivity contribution is 5.35. The third-order valence-electron chi connectivity index (χ3n) is 2.91. The second-order valence-corrected chi connectivity index (χ2v) is 4.44. The van der Waals surface area contributed by atoms with Crippen LogP contribution in [-0.4, -0.2) is 11.7 Å². The highest BCUT2D eigenvalue weighted by atomic mass is 19.1. The lowest BCUT2D eigenvalue weighted by molar-refractivity contribution is 0.190. The lowest BCUT2D eigenvalue weighted by Gasteiger charge is -2.13. The molecule has 0 bridgehead atoms. The fraction of sp³-hybridized carbons (Fsp3) is 0.538. The summed E-state index contributed by atoms with van der Waals surface area (Å²) in [6.45, 7) is 2.26. The zero-order valence-corrected chi connectivity index (χ0v) is 9.45. The molecule has 0 unspecified atom stereocenters. The van der Waals surface area contributed by atoms with Gasteiger partial charge in [-0.2, -0.15) is 0 Å². The standard InChI is InChI=1S/C13H17FO2/c1-9(15)12-5-4-11(14)8-13(12)16-7-6-10-2-3-10/h4-5,8-10,15H,2-3,6-7H2,1H3/t9-/m0/s1. The summed E-state index contributed by atoms with van der Waals surface area (Å²) >= 11 is 0. The number of halogens is 1. The molecule has 1 N–H and O–H groups in total. The predicted molar refractivity (Wildman–Crippen MR) is 59.9 cm³/mol. The lowest BCUT2D eigenvalue weighted by atomic mass is 10.1. The van der Waals surface area contributed by atoms with Crippen molar-refractivity contribution in [2.24, 2.45) is 5.92 Å². The molecular formula is C13H17FO2. The van der Waals surface area contributed by atoms with Gasteiger partial charge >= 0.3 is 0 Å². The Balaban J connectivity index is 2.00. The van der Waals surface area contributed by atoms with Crippen LogP contribution in [0.25, 0.3) is 0 Å². The minimum absolute atomic E-state index is 0.328. The summed E-state index contributed by atoms with van der Waals surface area (Å²) in [7, 11) is 0. The van der Waals surface area contributed by atoms with E-state index in [0.29, 0.717) is 17.9 Å². The Labute approximate surface area is 95.1 Å². The monoisotopic (exact) mass is 224 g/mol. The topological polar surface area (TPSA) is 29.5 Å². The quantitative estimate of drug-likeness (QED) is 0.833. The van der Waals surface area contributed by atoms with Crippen LogP contribution < -0.4 is 4.74 Å². The van der Waals surface area contributed by atoms with Gasteiger partial charge in [-0.15, -0.1) is 0 Å². The normalized spacial score (nSPS) is 17.2. The molecule has 1 fully saturated rings. The van der Waals surface area contributed by atoms with Crippen molar-refractivity contribution in [2.45, 2.75) is 32.3 Å². The first kappa shape index (κ1) is 11.4. The first-order valence-electron chi connectivity index (χ1n) is 5.77. The SMILES string of the molecule is C[C@H](O)c1ccc(F)cc1OCCC1CC1. The average molecular weight is 224 g/mol. The van der Waals surface area contributed by atoms with Gasteiger partial charge < -0.3 is 9.84 Å². The maximum absolute atomic E-state index is 13.0. The number of rotatable bonds is 5. The summed E-state index contributed by atoms with van der Waals surface area (Å²) in [6, 6.07) is 4.26. The second-order valence-electron chi connectivity index (χ2n) is 4.44. The van der Waals surface area contributed by atoms with E-state index in [2.05, 4.69) is 0 Å². The maximum atomic E-state index is 13.0. The zero-order valence-electron chi connectivity index (χ0n) is 9.45. The van der Waals surface area contributed by atoms with Gasteiger partial charge in [0, 0.05) is 11.6 Å². The van der Waals surface area contributed by atoms with Gasteiger partial charge in [-0.25, -0.2) is 4.39 Å². The molecule has 2 nitrogen and oxygen atoms in total. The smallest absolute Gasteiger partial charge is 0.127 e. The van der Waals surface area contributed by atoms with Gasteiger partial charge in [-0.05, 0) is 31.4 Å². The molecule has 16 heavy (non-hydrogen) atoms. The molecule has 1 aliphatic carbocycles. The first-order chi connectivity index (χ1) is 7.66. The Bertz CT molecular complexity index is 359. The molecule has 2 rings (SSSR count). The van der Waals surface area contributed by atoms with E-state index in [-0.39, 0.29) is 5.82 Å². The van der Waals surface area contributed by atoms with Crippen molar-refractivity contribution in [1.82, 2.24) is 0 Å². The van der Waals surface area contributed by atoms with E-state index in [0.717, 1.165) is 12.3 Å². The molecule has 1 aliphatic rings. The van der Waals surface area contributed by atoms with E-state index >= 15 is 0 Å². The molecule has 1 aromatic carbocycles. The molecule has 0 aromatic heterocycles. The summed E-state index contributed by atoms with van der Waals surface area (Å²) in [6.07, 6.45) is 2.97. The average Bonchev–Trinajstić information content (AvgIpc) is 3.01. The third-order valence-corrected chi connectivity index (χ3v) is 2.91. The van der Waals surface area contributed by atoms with Gasteiger partial charge in [0.15, 0.2) is 0 Å². The fourth-order valence-corrected chi connectivity index (χ4v) is 1.72. The van der Waals surface area contributed by atoms with E-state index in [1.54, 1.807) is 13.0 Å². The number of aliphatic hydroxyl groups is 1. The molecule has 0 radical (unpaired) electrons. The second kappa shape index (κ2) is 4.83.